The Labute approximate surface area is 147 Å². The minimum atomic E-state index is -1.66. The topological polar surface area (TPSA) is 83.2 Å². The minimum Gasteiger partial charge on any atom is -0.459 e. The highest BCUT2D eigenvalue weighted by Crippen LogP contribution is 2.21. The van der Waals surface area contributed by atoms with Crippen molar-refractivity contribution in [2.75, 3.05) is 5.43 Å². The molecule has 0 saturated carbocycles. The zero-order valence-electron chi connectivity index (χ0n) is 14.6. The predicted octanol–water partition coefficient (Wildman–Crippen LogP) is 3.37. The first-order valence-electron chi connectivity index (χ1n) is 7.73. The highest BCUT2D eigenvalue weighted by molar-refractivity contribution is 6.00. The van der Waals surface area contributed by atoms with Crippen LogP contribution in [-0.4, -0.2) is 23.0 Å². The molecule has 0 spiro atoms. The Kier molecular flexibility index (Phi) is 5.59. The van der Waals surface area contributed by atoms with E-state index in [9.17, 15) is 22.8 Å². The van der Waals surface area contributed by atoms with Crippen molar-refractivity contribution in [1.82, 2.24) is 10.4 Å². The fourth-order valence-corrected chi connectivity index (χ4v) is 2.37. The van der Waals surface area contributed by atoms with Crippen LogP contribution in [0, 0.1) is 31.3 Å². The molecule has 0 aliphatic rings. The van der Waals surface area contributed by atoms with E-state index < -0.39 is 35.0 Å². The molecule has 3 N–H and O–H groups in total. The third-order valence-electron chi connectivity index (χ3n) is 3.56. The van der Waals surface area contributed by atoms with Gasteiger partial charge in [-0.05, 0) is 45.4 Å². The van der Waals surface area contributed by atoms with Crippen LogP contribution in [0.5, 0.6) is 0 Å². The summed E-state index contributed by atoms with van der Waals surface area (Å²) in [6, 6.07) is 1.66. The molecule has 1 amide bonds. The van der Waals surface area contributed by atoms with Gasteiger partial charge in [0.25, 0.3) is 5.91 Å². The lowest BCUT2D eigenvalue weighted by molar-refractivity contribution is 0.0376. The van der Waals surface area contributed by atoms with Gasteiger partial charge in [0.05, 0.1) is 17.4 Å². The second-order valence-corrected chi connectivity index (χ2v) is 5.88. The van der Waals surface area contributed by atoms with E-state index in [4.69, 9.17) is 4.74 Å². The fraction of sp³-hybridized carbons (Fsp3) is 0.294. The van der Waals surface area contributed by atoms with Crippen LogP contribution >= 0.6 is 0 Å². The number of hydrogen-bond acceptors (Lipinski definition) is 4. The lowest BCUT2D eigenvalue weighted by Gasteiger charge is -2.10. The number of aromatic nitrogens is 1. The maximum Gasteiger partial charge on any atom is 0.340 e. The number of nitrogens with one attached hydrogen (secondary N) is 3. The molecule has 0 radical (unpaired) electrons. The molecule has 140 valence electrons. The van der Waals surface area contributed by atoms with Crippen molar-refractivity contribution in [3.63, 3.8) is 0 Å². The van der Waals surface area contributed by atoms with Crippen LogP contribution in [0.1, 0.15) is 46.0 Å². The standard InChI is InChI=1S/C17H18F3N3O3/c1-7(2)26-17(25)12-8(3)15(21-9(12)4)16(24)23-22-11-6-5-10(18)13(19)14(11)20/h5-7,21-22H,1-4H3,(H,23,24). The Balaban J connectivity index is 2.18. The Morgan fingerprint density at radius 2 is 1.77 bits per heavy atom. The zero-order valence-corrected chi connectivity index (χ0v) is 14.6. The molecule has 0 bridgehead atoms. The molecular weight excluding hydrogens is 351 g/mol. The molecule has 0 aliphatic heterocycles. The number of rotatable bonds is 5. The number of carbonyl (C=O) groups is 2. The van der Waals surface area contributed by atoms with Crippen LogP contribution < -0.4 is 10.9 Å². The van der Waals surface area contributed by atoms with Crippen LogP contribution in [0.3, 0.4) is 0 Å². The van der Waals surface area contributed by atoms with Crippen LogP contribution in [-0.2, 0) is 4.74 Å². The average Bonchev–Trinajstić information content (AvgIpc) is 2.85. The Bertz CT molecular complexity index is 863. The zero-order chi connectivity index (χ0) is 19.6. The fourth-order valence-electron chi connectivity index (χ4n) is 2.37. The smallest absolute Gasteiger partial charge is 0.340 e. The normalized spacial score (nSPS) is 10.8. The van der Waals surface area contributed by atoms with E-state index in [0.29, 0.717) is 11.3 Å². The summed E-state index contributed by atoms with van der Waals surface area (Å²) >= 11 is 0. The molecule has 0 atom stereocenters. The van der Waals surface area contributed by atoms with Gasteiger partial charge < -0.3 is 9.72 Å². The van der Waals surface area contributed by atoms with E-state index in [-0.39, 0.29) is 17.4 Å². The molecule has 1 aromatic heterocycles. The number of aromatic amines is 1. The van der Waals surface area contributed by atoms with Gasteiger partial charge >= 0.3 is 5.97 Å². The number of anilines is 1. The van der Waals surface area contributed by atoms with Crippen LogP contribution in [0.15, 0.2) is 12.1 Å². The SMILES string of the molecule is Cc1[nH]c(C(=O)NNc2ccc(F)c(F)c2F)c(C)c1C(=O)OC(C)C. The summed E-state index contributed by atoms with van der Waals surface area (Å²) in [6.07, 6.45) is -0.327. The van der Waals surface area contributed by atoms with Crippen molar-refractivity contribution < 1.29 is 27.5 Å². The van der Waals surface area contributed by atoms with Crippen molar-refractivity contribution in [3.05, 3.63) is 52.1 Å². The van der Waals surface area contributed by atoms with Gasteiger partial charge in [0.1, 0.15) is 5.69 Å². The van der Waals surface area contributed by atoms with E-state index in [0.717, 1.165) is 12.1 Å². The first kappa shape index (κ1) is 19.4. The summed E-state index contributed by atoms with van der Waals surface area (Å²) in [6.45, 7) is 6.54. The molecule has 26 heavy (non-hydrogen) atoms. The largest absolute Gasteiger partial charge is 0.459 e. The maximum absolute atomic E-state index is 13.6. The highest BCUT2D eigenvalue weighted by Gasteiger charge is 2.24. The number of ether oxygens (including phenoxy) is 1. The summed E-state index contributed by atoms with van der Waals surface area (Å²) in [4.78, 5) is 27.1. The number of halogens is 3. The number of esters is 1. The first-order valence-corrected chi connectivity index (χ1v) is 7.73. The monoisotopic (exact) mass is 369 g/mol. The third kappa shape index (κ3) is 3.81. The number of H-pyrrole nitrogens is 1. The van der Waals surface area contributed by atoms with E-state index in [2.05, 4.69) is 15.8 Å². The van der Waals surface area contributed by atoms with Gasteiger partial charge in [0.2, 0.25) is 0 Å². The van der Waals surface area contributed by atoms with Gasteiger partial charge in [-0.25, -0.2) is 18.0 Å². The molecule has 2 rings (SSSR count). The second-order valence-electron chi connectivity index (χ2n) is 5.88. The summed E-state index contributed by atoms with van der Waals surface area (Å²) in [5.74, 6) is -5.77. The number of hydrazine groups is 1. The molecule has 6 nitrogen and oxygen atoms in total. The number of hydrogen-bond donors (Lipinski definition) is 3. The van der Waals surface area contributed by atoms with Gasteiger partial charge in [0, 0.05) is 5.69 Å². The summed E-state index contributed by atoms with van der Waals surface area (Å²) in [7, 11) is 0. The Morgan fingerprint density at radius 3 is 2.38 bits per heavy atom. The van der Waals surface area contributed by atoms with Crippen LogP contribution in [0.4, 0.5) is 18.9 Å². The summed E-state index contributed by atoms with van der Waals surface area (Å²) in [5.41, 5.74) is 4.94. The summed E-state index contributed by atoms with van der Waals surface area (Å²) in [5, 5.41) is 0. The van der Waals surface area contributed by atoms with Crippen molar-refractivity contribution in [3.8, 4) is 0 Å². The van der Waals surface area contributed by atoms with Gasteiger partial charge in [-0.2, -0.15) is 0 Å². The average molecular weight is 369 g/mol. The summed E-state index contributed by atoms with van der Waals surface area (Å²) < 4.78 is 44.8. The number of amides is 1. The molecule has 1 heterocycles. The lowest BCUT2D eigenvalue weighted by atomic mass is 10.1. The molecular formula is C17H18F3N3O3. The Hall–Kier alpha value is -2.97. The molecule has 9 heteroatoms. The van der Waals surface area contributed by atoms with Crippen molar-refractivity contribution in [2.45, 2.75) is 33.8 Å². The van der Waals surface area contributed by atoms with Gasteiger partial charge in [-0.1, -0.05) is 0 Å². The van der Waals surface area contributed by atoms with E-state index in [1.807, 2.05) is 0 Å². The third-order valence-corrected chi connectivity index (χ3v) is 3.56. The first-order chi connectivity index (χ1) is 12.1. The quantitative estimate of drug-likeness (QED) is 0.429. The second kappa shape index (κ2) is 7.51. The molecule has 0 aliphatic carbocycles. The predicted molar refractivity (Wildman–Crippen MR) is 88.2 cm³/mol. The van der Waals surface area contributed by atoms with Crippen molar-refractivity contribution in [2.24, 2.45) is 0 Å². The van der Waals surface area contributed by atoms with Crippen molar-refractivity contribution in [1.29, 1.82) is 0 Å². The van der Waals surface area contributed by atoms with E-state index in [1.54, 1.807) is 27.7 Å². The van der Waals surface area contributed by atoms with Crippen molar-refractivity contribution >= 4 is 17.6 Å². The Morgan fingerprint density at radius 1 is 1.12 bits per heavy atom. The highest BCUT2D eigenvalue weighted by atomic mass is 19.2. The molecule has 0 saturated heterocycles. The lowest BCUT2D eigenvalue weighted by Crippen LogP contribution is -2.30. The van der Waals surface area contributed by atoms with Crippen LogP contribution in [0.2, 0.25) is 0 Å². The van der Waals surface area contributed by atoms with E-state index >= 15 is 0 Å². The van der Waals surface area contributed by atoms with Gasteiger partial charge in [0.15, 0.2) is 17.5 Å². The number of carbonyl (C=O) groups excluding carboxylic acids is 2. The van der Waals surface area contributed by atoms with Crippen LogP contribution in [0.25, 0.3) is 0 Å². The molecule has 0 unspecified atom stereocenters. The van der Waals surface area contributed by atoms with Gasteiger partial charge in [-0.3, -0.25) is 15.6 Å². The molecule has 1 aromatic carbocycles. The molecule has 2 aromatic rings. The van der Waals surface area contributed by atoms with E-state index in [1.165, 1.54) is 0 Å². The minimum absolute atomic E-state index is 0.0497. The number of aryl methyl sites for hydroxylation is 1. The maximum atomic E-state index is 13.6. The number of benzene rings is 1. The molecule has 0 fully saturated rings. The van der Waals surface area contributed by atoms with Gasteiger partial charge in [-0.15, -0.1) is 0 Å².